The third-order valence-electron chi connectivity index (χ3n) is 4.78. The van der Waals surface area contributed by atoms with Gasteiger partial charge in [0.05, 0.1) is 0 Å². The summed E-state index contributed by atoms with van der Waals surface area (Å²) in [7, 11) is 2.06. The van der Waals surface area contributed by atoms with E-state index in [2.05, 4.69) is 53.4 Å². The Hall–Kier alpha value is -0.540. The van der Waals surface area contributed by atoms with E-state index in [9.17, 15) is 0 Å². The van der Waals surface area contributed by atoms with Gasteiger partial charge >= 0.3 is 0 Å². The van der Waals surface area contributed by atoms with Gasteiger partial charge in [-0.2, -0.15) is 0 Å². The lowest BCUT2D eigenvalue weighted by atomic mass is 9.74. The maximum Gasteiger partial charge on any atom is 0.125 e. The van der Waals surface area contributed by atoms with Crippen LogP contribution in [0.25, 0.3) is 0 Å². The topological polar surface area (TPSA) is 21.3 Å². The van der Waals surface area contributed by atoms with Crippen LogP contribution in [0.3, 0.4) is 0 Å². The lowest BCUT2D eigenvalue weighted by Gasteiger charge is -2.45. The van der Waals surface area contributed by atoms with Crippen LogP contribution in [0.1, 0.15) is 50.6 Å². The summed E-state index contributed by atoms with van der Waals surface area (Å²) in [5, 5.41) is 3.47. The zero-order valence-electron chi connectivity index (χ0n) is 11.7. The molecule has 1 spiro atoms. The van der Waals surface area contributed by atoms with Crippen LogP contribution in [0.4, 0.5) is 0 Å². The molecule has 1 aliphatic heterocycles. The molecule has 2 aliphatic rings. The van der Waals surface area contributed by atoms with Crippen molar-refractivity contribution in [2.45, 2.75) is 50.7 Å². The van der Waals surface area contributed by atoms with Gasteiger partial charge in [0, 0.05) is 22.5 Å². The highest BCUT2D eigenvalue weighted by Gasteiger charge is 2.42. The Morgan fingerprint density at radius 2 is 2.05 bits per heavy atom. The molecule has 1 atom stereocenters. The van der Waals surface area contributed by atoms with Gasteiger partial charge in [-0.25, -0.2) is 0 Å². The molecule has 2 nitrogen and oxygen atoms in total. The number of benzene rings is 1. The van der Waals surface area contributed by atoms with Crippen LogP contribution in [-0.4, -0.2) is 12.6 Å². The highest BCUT2D eigenvalue weighted by molar-refractivity contribution is 9.10. The van der Waals surface area contributed by atoms with Crippen molar-refractivity contribution in [3.05, 3.63) is 28.2 Å². The van der Waals surface area contributed by atoms with Crippen LogP contribution in [-0.2, 0) is 0 Å². The van der Waals surface area contributed by atoms with Crippen LogP contribution in [0.2, 0.25) is 0 Å². The number of rotatable bonds is 1. The monoisotopic (exact) mass is 323 g/mol. The standard InChI is InChI=1S/C16H22BrNO/c1-11-5-7-16(8-6-11)10-14(18-2)13-9-12(17)3-4-15(13)19-16/h3-4,9,11,14,18H,5-8,10H2,1-2H3. The summed E-state index contributed by atoms with van der Waals surface area (Å²) in [4.78, 5) is 0. The second-order valence-electron chi connectivity index (χ2n) is 6.20. The minimum Gasteiger partial charge on any atom is -0.487 e. The maximum absolute atomic E-state index is 6.43. The summed E-state index contributed by atoms with van der Waals surface area (Å²) in [6, 6.07) is 6.79. The van der Waals surface area contributed by atoms with Gasteiger partial charge in [-0.1, -0.05) is 22.9 Å². The maximum atomic E-state index is 6.43. The molecule has 0 radical (unpaired) electrons. The molecule has 1 aromatic rings. The molecule has 1 N–H and O–H groups in total. The second-order valence-corrected chi connectivity index (χ2v) is 7.11. The number of hydrogen-bond donors (Lipinski definition) is 1. The third-order valence-corrected chi connectivity index (χ3v) is 5.28. The van der Waals surface area contributed by atoms with Crippen molar-refractivity contribution in [2.24, 2.45) is 5.92 Å². The van der Waals surface area contributed by atoms with Crippen LogP contribution >= 0.6 is 15.9 Å². The molecule has 1 aliphatic carbocycles. The van der Waals surface area contributed by atoms with Crippen LogP contribution in [0.15, 0.2) is 22.7 Å². The molecular formula is C16H22BrNO. The first-order chi connectivity index (χ1) is 9.12. The van der Waals surface area contributed by atoms with Crippen molar-refractivity contribution in [3.8, 4) is 5.75 Å². The van der Waals surface area contributed by atoms with Crippen molar-refractivity contribution < 1.29 is 4.74 Å². The van der Waals surface area contributed by atoms with E-state index >= 15 is 0 Å². The van der Waals surface area contributed by atoms with E-state index in [4.69, 9.17) is 4.74 Å². The Bertz CT molecular complexity index is 466. The van der Waals surface area contributed by atoms with Gasteiger partial charge < -0.3 is 10.1 Å². The van der Waals surface area contributed by atoms with Gasteiger partial charge in [0.1, 0.15) is 11.4 Å². The number of halogens is 1. The molecule has 1 saturated carbocycles. The lowest BCUT2D eigenvalue weighted by Crippen LogP contribution is -2.46. The van der Waals surface area contributed by atoms with Gasteiger partial charge in [-0.05, 0) is 56.8 Å². The first-order valence-electron chi connectivity index (χ1n) is 7.28. The number of hydrogen-bond acceptors (Lipinski definition) is 2. The minimum atomic E-state index is 0.0705. The molecule has 1 aromatic carbocycles. The molecular weight excluding hydrogens is 302 g/mol. The average molecular weight is 324 g/mol. The fraction of sp³-hybridized carbons (Fsp3) is 0.625. The van der Waals surface area contributed by atoms with Gasteiger partial charge in [0.2, 0.25) is 0 Å². The van der Waals surface area contributed by atoms with Crippen LogP contribution in [0.5, 0.6) is 5.75 Å². The molecule has 1 fully saturated rings. The van der Waals surface area contributed by atoms with E-state index in [1.165, 1.54) is 31.2 Å². The summed E-state index contributed by atoms with van der Waals surface area (Å²) in [5.41, 5.74) is 1.36. The highest BCUT2D eigenvalue weighted by Crippen LogP contribution is 2.47. The van der Waals surface area contributed by atoms with Gasteiger partial charge in [-0.15, -0.1) is 0 Å². The van der Waals surface area contributed by atoms with Crippen molar-refractivity contribution in [1.82, 2.24) is 5.32 Å². The normalized spacial score (nSPS) is 33.8. The zero-order chi connectivity index (χ0) is 13.5. The first kappa shape index (κ1) is 13.4. The van der Waals surface area contributed by atoms with Crippen molar-refractivity contribution >= 4 is 15.9 Å². The predicted molar refractivity (Wildman–Crippen MR) is 81.6 cm³/mol. The lowest BCUT2D eigenvalue weighted by molar-refractivity contribution is -0.0120. The molecule has 3 heteroatoms. The Kier molecular flexibility index (Phi) is 3.61. The summed E-state index contributed by atoms with van der Waals surface area (Å²) >= 11 is 3.56. The Morgan fingerprint density at radius 3 is 2.74 bits per heavy atom. The molecule has 0 amide bonds. The van der Waals surface area contributed by atoms with Gasteiger partial charge in [-0.3, -0.25) is 0 Å². The van der Waals surface area contributed by atoms with E-state index in [1.807, 2.05) is 0 Å². The Labute approximate surface area is 124 Å². The van der Waals surface area contributed by atoms with E-state index in [0.717, 1.165) is 22.6 Å². The largest absolute Gasteiger partial charge is 0.487 e. The first-order valence-corrected chi connectivity index (χ1v) is 8.07. The highest BCUT2D eigenvalue weighted by atomic mass is 79.9. The van der Waals surface area contributed by atoms with Gasteiger partial charge in [0.25, 0.3) is 0 Å². The van der Waals surface area contributed by atoms with Crippen LogP contribution < -0.4 is 10.1 Å². The summed E-state index contributed by atoms with van der Waals surface area (Å²) in [6.07, 6.45) is 6.08. The van der Waals surface area contributed by atoms with Crippen molar-refractivity contribution in [1.29, 1.82) is 0 Å². The smallest absolute Gasteiger partial charge is 0.125 e. The number of nitrogens with one attached hydrogen (secondary N) is 1. The second kappa shape index (κ2) is 5.10. The van der Waals surface area contributed by atoms with Crippen molar-refractivity contribution in [3.63, 3.8) is 0 Å². The molecule has 19 heavy (non-hydrogen) atoms. The molecule has 0 saturated heterocycles. The minimum absolute atomic E-state index is 0.0705. The van der Waals surface area contributed by atoms with Gasteiger partial charge in [0.15, 0.2) is 0 Å². The quantitative estimate of drug-likeness (QED) is 0.824. The molecule has 1 unspecified atom stereocenters. The predicted octanol–water partition coefficient (Wildman–Crippen LogP) is 4.44. The summed E-state index contributed by atoms with van der Waals surface area (Å²) in [6.45, 7) is 2.36. The molecule has 1 heterocycles. The molecule has 3 rings (SSSR count). The number of ether oxygens (including phenoxy) is 1. The Morgan fingerprint density at radius 1 is 1.32 bits per heavy atom. The Balaban J connectivity index is 1.91. The van der Waals surface area contributed by atoms with E-state index in [-0.39, 0.29) is 5.60 Å². The van der Waals surface area contributed by atoms with E-state index in [1.54, 1.807) is 0 Å². The van der Waals surface area contributed by atoms with E-state index < -0.39 is 0 Å². The fourth-order valence-electron chi connectivity index (χ4n) is 3.49. The number of fused-ring (bicyclic) bond motifs is 1. The van der Waals surface area contributed by atoms with Crippen LogP contribution in [0, 0.1) is 5.92 Å². The van der Waals surface area contributed by atoms with E-state index in [0.29, 0.717) is 6.04 Å². The SMILES string of the molecule is CNC1CC2(CCC(C)CC2)Oc2ccc(Br)cc21. The zero-order valence-corrected chi connectivity index (χ0v) is 13.3. The summed E-state index contributed by atoms with van der Waals surface area (Å²) < 4.78 is 7.56. The molecule has 0 bridgehead atoms. The average Bonchev–Trinajstić information content (AvgIpc) is 2.42. The molecule has 104 valence electrons. The summed E-state index contributed by atoms with van der Waals surface area (Å²) in [5.74, 6) is 1.93. The van der Waals surface area contributed by atoms with Crippen molar-refractivity contribution in [2.75, 3.05) is 7.05 Å². The fourth-order valence-corrected chi connectivity index (χ4v) is 3.87. The third kappa shape index (κ3) is 2.55. The molecule has 0 aromatic heterocycles.